The number of pyridine rings is 1. The number of rotatable bonds is 3. The standard InChI is InChI=1S/C8H10ClN3O2/c1-14-7(13)4-11-8-5(10)2-3-6(9)12-8/h2-3H,4,10H2,1H3,(H,11,12). The number of halogens is 1. The van der Waals surface area contributed by atoms with Gasteiger partial charge in [-0.1, -0.05) is 11.6 Å². The van der Waals surface area contributed by atoms with Crippen molar-refractivity contribution >= 4 is 29.1 Å². The summed E-state index contributed by atoms with van der Waals surface area (Å²) in [7, 11) is 1.30. The third kappa shape index (κ3) is 2.77. The first-order valence-corrected chi connectivity index (χ1v) is 4.24. The second kappa shape index (κ2) is 4.66. The van der Waals surface area contributed by atoms with Gasteiger partial charge in [0.05, 0.1) is 12.8 Å². The van der Waals surface area contributed by atoms with Crippen LogP contribution in [0.15, 0.2) is 12.1 Å². The summed E-state index contributed by atoms with van der Waals surface area (Å²) in [4.78, 5) is 14.7. The van der Waals surface area contributed by atoms with Gasteiger partial charge in [0.1, 0.15) is 11.7 Å². The van der Waals surface area contributed by atoms with Crippen LogP contribution < -0.4 is 11.1 Å². The maximum absolute atomic E-state index is 10.8. The van der Waals surface area contributed by atoms with Crippen molar-refractivity contribution in [2.24, 2.45) is 0 Å². The average Bonchev–Trinajstić information content (AvgIpc) is 2.19. The van der Waals surface area contributed by atoms with Crippen molar-refractivity contribution in [1.29, 1.82) is 0 Å². The minimum atomic E-state index is -0.397. The van der Waals surface area contributed by atoms with Crippen molar-refractivity contribution in [2.45, 2.75) is 0 Å². The Labute approximate surface area is 86.2 Å². The van der Waals surface area contributed by atoms with Crippen LogP contribution in [0.3, 0.4) is 0 Å². The van der Waals surface area contributed by atoms with Crippen molar-refractivity contribution < 1.29 is 9.53 Å². The SMILES string of the molecule is COC(=O)CNc1nc(Cl)ccc1N. The molecular weight excluding hydrogens is 206 g/mol. The number of hydrogen-bond acceptors (Lipinski definition) is 5. The fourth-order valence-electron chi connectivity index (χ4n) is 0.816. The molecule has 1 rings (SSSR count). The van der Waals surface area contributed by atoms with Crippen molar-refractivity contribution in [2.75, 3.05) is 24.7 Å². The maximum atomic E-state index is 10.8. The highest BCUT2D eigenvalue weighted by Crippen LogP contribution is 2.17. The van der Waals surface area contributed by atoms with Crippen LogP contribution >= 0.6 is 11.6 Å². The highest BCUT2D eigenvalue weighted by molar-refractivity contribution is 6.29. The van der Waals surface area contributed by atoms with Crippen molar-refractivity contribution in [1.82, 2.24) is 4.98 Å². The Morgan fingerprint density at radius 1 is 1.71 bits per heavy atom. The molecule has 1 aromatic rings. The zero-order valence-corrected chi connectivity index (χ0v) is 8.34. The van der Waals surface area contributed by atoms with Gasteiger partial charge in [-0.3, -0.25) is 4.79 Å². The second-order valence-corrected chi connectivity index (χ2v) is 2.89. The number of nitrogens with zero attached hydrogens (tertiary/aromatic N) is 1. The largest absolute Gasteiger partial charge is 0.468 e. The van der Waals surface area contributed by atoms with Crippen LogP contribution in [0.5, 0.6) is 0 Å². The topological polar surface area (TPSA) is 77.2 Å². The summed E-state index contributed by atoms with van der Waals surface area (Å²) in [6, 6.07) is 3.18. The van der Waals surface area contributed by atoms with Crippen molar-refractivity contribution in [3.05, 3.63) is 17.3 Å². The molecule has 0 aliphatic carbocycles. The van der Waals surface area contributed by atoms with Gasteiger partial charge in [0.2, 0.25) is 0 Å². The van der Waals surface area contributed by atoms with Gasteiger partial charge in [0.25, 0.3) is 0 Å². The molecule has 0 aliphatic heterocycles. The van der Waals surface area contributed by atoms with Crippen LogP contribution in [0, 0.1) is 0 Å². The predicted molar refractivity (Wildman–Crippen MR) is 54.2 cm³/mol. The third-order valence-corrected chi connectivity index (χ3v) is 1.73. The normalized spacial score (nSPS) is 9.57. The Kier molecular flexibility index (Phi) is 3.53. The molecule has 5 nitrogen and oxygen atoms in total. The Bertz CT molecular complexity index is 343. The van der Waals surface area contributed by atoms with Crippen LogP contribution in [0.25, 0.3) is 0 Å². The maximum Gasteiger partial charge on any atom is 0.325 e. The predicted octanol–water partition coefficient (Wildman–Crippen LogP) is 0.902. The van der Waals surface area contributed by atoms with Crippen LogP contribution in [-0.2, 0) is 9.53 Å². The Morgan fingerprint density at radius 2 is 2.43 bits per heavy atom. The van der Waals surface area contributed by atoms with Gasteiger partial charge in [0.15, 0.2) is 5.82 Å². The van der Waals surface area contributed by atoms with E-state index in [9.17, 15) is 4.79 Å². The molecule has 0 radical (unpaired) electrons. The first-order chi connectivity index (χ1) is 6.63. The molecule has 1 heterocycles. The summed E-state index contributed by atoms with van der Waals surface area (Å²) in [5.74, 6) is -0.0194. The Hall–Kier alpha value is -1.49. The molecule has 1 aromatic heterocycles. The average molecular weight is 216 g/mol. The molecular formula is C8H10ClN3O2. The lowest BCUT2D eigenvalue weighted by Gasteiger charge is -2.06. The van der Waals surface area contributed by atoms with E-state index in [1.807, 2.05) is 0 Å². The fraction of sp³-hybridized carbons (Fsp3) is 0.250. The first-order valence-electron chi connectivity index (χ1n) is 3.86. The highest BCUT2D eigenvalue weighted by atomic mass is 35.5. The number of nitrogens with two attached hydrogens (primary N) is 1. The summed E-state index contributed by atoms with van der Waals surface area (Å²) in [6.07, 6.45) is 0. The molecule has 14 heavy (non-hydrogen) atoms. The molecule has 0 spiro atoms. The van der Waals surface area contributed by atoms with Gasteiger partial charge in [-0.25, -0.2) is 4.98 Å². The smallest absolute Gasteiger partial charge is 0.325 e. The molecule has 3 N–H and O–H groups in total. The van der Waals surface area contributed by atoms with E-state index in [0.29, 0.717) is 16.7 Å². The van der Waals surface area contributed by atoms with Crippen molar-refractivity contribution in [3.63, 3.8) is 0 Å². The first kappa shape index (κ1) is 10.6. The van der Waals surface area contributed by atoms with Gasteiger partial charge in [0, 0.05) is 0 Å². The van der Waals surface area contributed by atoms with Gasteiger partial charge in [-0.15, -0.1) is 0 Å². The molecule has 0 unspecified atom stereocenters. The van der Waals surface area contributed by atoms with Gasteiger partial charge >= 0.3 is 5.97 Å². The highest BCUT2D eigenvalue weighted by Gasteiger charge is 2.04. The summed E-state index contributed by atoms with van der Waals surface area (Å²) < 4.78 is 4.44. The molecule has 0 bridgehead atoms. The number of hydrogen-bond donors (Lipinski definition) is 2. The zero-order valence-electron chi connectivity index (χ0n) is 7.58. The van der Waals surface area contributed by atoms with Crippen LogP contribution in [0.4, 0.5) is 11.5 Å². The number of ether oxygens (including phenoxy) is 1. The van der Waals surface area contributed by atoms with Crippen LogP contribution in [0.2, 0.25) is 5.15 Å². The van der Waals surface area contributed by atoms with E-state index in [1.54, 1.807) is 12.1 Å². The van der Waals surface area contributed by atoms with E-state index < -0.39 is 5.97 Å². The zero-order chi connectivity index (χ0) is 10.6. The number of nitrogens with one attached hydrogen (secondary N) is 1. The third-order valence-electron chi connectivity index (χ3n) is 1.52. The summed E-state index contributed by atoms with van der Waals surface area (Å²) in [6.45, 7) is 0.00798. The van der Waals surface area contributed by atoms with E-state index in [-0.39, 0.29) is 6.54 Å². The molecule has 0 aromatic carbocycles. The molecule has 0 atom stereocenters. The number of aromatic nitrogens is 1. The molecule has 0 aliphatic rings. The van der Waals surface area contributed by atoms with E-state index in [2.05, 4.69) is 15.0 Å². The second-order valence-electron chi connectivity index (χ2n) is 2.50. The van der Waals surface area contributed by atoms with Crippen molar-refractivity contribution in [3.8, 4) is 0 Å². The summed E-state index contributed by atoms with van der Waals surface area (Å²) >= 11 is 5.64. The molecule has 0 saturated carbocycles. The quantitative estimate of drug-likeness (QED) is 0.579. The minimum absolute atomic E-state index is 0.00798. The lowest BCUT2D eigenvalue weighted by molar-refractivity contribution is -0.138. The molecule has 76 valence electrons. The minimum Gasteiger partial charge on any atom is -0.468 e. The van der Waals surface area contributed by atoms with Crippen LogP contribution in [-0.4, -0.2) is 24.6 Å². The van der Waals surface area contributed by atoms with Crippen LogP contribution in [0.1, 0.15) is 0 Å². The lowest BCUT2D eigenvalue weighted by Crippen LogP contribution is -2.16. The Morgan fingerprint density at radius 3 is 3.07 bits per heavy atom. The van der Waals surface area contributed by atoms with E-state index in [0.717, 1.165) is 0 Å². The number of carbonyl (C=O) groups excluding carboxylic acids is 1. The number of esters is 1. The Balaban J connectivity index is 2.66. The summed E-state index contributed by atoms with van der Waals surface area (Å²) in [5, 5.41) is 3.02. The summed E-state index contributed by atoms with van der Waals surface area (Å²) in [5.41, 5.74) is 6.01. The number of nitrogen functional groups attached to an aromatic ring is 1. The molecule has 0 fully saturated rings. The van der Waals surface area contributed by atoms with E-state index in [1.165, 1.54) is 7.11 Å². The lowest BCUT2D eigenvalue weighted by atomic mass is 10.4. The van der Waals surface area contributed by atoms with E-state index in [4.69, 9.17) is 17.3 Å². The number of anilines is 2. The van der Waals surface area contributed by atoms with Gasteiger partial charge in [-0.2, -0.15) is 0 Å². The molecule has 0 amide bonds. The monoisotopic (exact) mass is 215 g/mol. The van der Waals surface area contributed by atoms with Gasteiger partial charge in [-0.05, 0) is 12.1 Å². The van der Waals surface area contributed by atoms with Gasteiger partial charge < -0.3 is 15.8 Å². The number of carbonyl (C=O) groups is 1. The molecule has 0 saturated heterocycles. The van der Waals surface area contributed by atoms with E-state index >= 15 is 0 Å². The molecule has 6 heteroatoms. The fourth-order valence-corrected chi connectivity index (χ4v) is 0.963. The number of methoxy groups -OCH3 is 1.